The number of benzene rings is 1. The number of hydrogen-bond donors (Lipinski definition) is 0. The first-order valence-electron chi connectivity index (χ1n) is 8.74. The van der Waals surface area contributed by atoms with Crippen LogP contribution in [0.3, 0.4) is 0 Å². The summed E-state index contributed by atoms with van der Waals surface area (Å²) in [5.74, 6) is -0.549. The molecule has 0 bridgehead atoms. The standard InChI is InChI=1S/C19H27N3O3/c1-5-21(6-2)13-10-14-25-19(24)17-15(3)20(4)22(18(17)23)16-11-8-7-9-12-16/h7-9,11-12H,5-6,10,13-14H2,1-4H3. The quantitative estimate of drug-likeness (QED) is 0.544. The molecule has 2 rings (SSSR count). The number of nitrogens with zero attached hydrogens (tertiary/aromatic N) is 3. The first-order valence-corrected chi connectivity index (χ1v) is 8.74. The van der Waals surface area contributed by atoms with E-state index >= 15 is 0 Å². The van der Waals surface area contributed by atoms with E-state index in [1.807, 2.05) is 30.3 Å². The number of ether oxygens (including phenoxy) is 1. The van der Waals surface area contributed by atoms with Crippen molar-refractivity contribution in [1.82, 2.24) is 14.3 Å². The molecule has 0 saturated carbocycles. The van der Waals surface area contributed by atoms with Gasteiger partial charge in [0.25, 0.3) is 5.56 Å². The van der Waals surface area contributed by atoms with Gasteiger partial charge in [-0.25, -0.2) is 9.48 Å². The summed E-state index contributed by atoms with van der Waals surface area (Å²) in [6, 6.07) is 9.26. The van der Waals surface area contributed by atoms with E-state index in [1.54, 1.807) is 18.7 Å². The minimum absolute atomic E-state index is 0.106. The molecule has 0 radical (unpaired) electrons. The average molecular weight is 345 g/mol. The molecule has 0 aliphatic carbocycles. The summed E-state index contributed by atoms with van der Waals surface area (Å²) >= 11 is 0. The molecule has 0 saturated heterocycles. The summed E-state index contributed by atoms with van der Waals surface area (Å²) in [6.45, 7) is 9.11. The Bertz CT molecular complexity index is 758. The monoisotopic (exact) mass is 345 g/mol. The van der Waals surface area contributed by atoms with Gasteiger partial charge in [-0.05, 0) is 38.6 Å². The highest BCUT2D eigenvalue weighted by molar-refractivity contribution is 5.90. The van der Waals surface area contributed by atoms with Crippen molar-refractivity contribution in [3.05, 3.63) is 51.9 Å². The largest absolute Gasteiger partial charge is 0.462 e. The Morgan fingerprint density at radius 1 is 1.16 bits per heavy atom. The van der Waals surface area contributed by atoms with Crippen molar-refractivity contribution in [2.45, 2.75) is 27.2 Å². The fraction of sp³-hybridized carbons (Fsp3) is 0.474. The number of hydrogen-bond acceptors (Lipinski definition) is 4. The van der Waals surface area contributed by atoms with Gasteiger partial charge in [-0.2, -0.15) is 0 Å². The van der Waals surface area contributed by atoms with Crippen LogP contribution in [0.2, 0.25) is 0 Å². The maximum atomic E-state index is 12.7. The maximum absolute atomic E-state index is 12.7. The van der Waals surface area contributed by atoms with Crippen LogP contribution in [0.25, 0.3) is 5.69 Å². The van der Waals surface area contributed by atoms with E-state index < -0.39 is 5.97 Å². The smallest absolute Gasteiger partial charge is 0.345 e. The molecule has 1 heterocycles. The summed E-state index contributed by atoms with van der Waals surface area (Å²) in [7, 11) is 1.76. The van der Waals surface area contributed by atoms with Crippen LogP contribution in [-0.4, -0.2) is 46.5 Å². The zero-order valence-corrected chi connectivity index (χ0v) is 15.5. The molecule has 25 heavy (non-hydrogen) atoms. The molecule has 0 amide bonds. The second-order valence-corrected chi connectivity index (χ2v) is 5.95. The number of carbonyl (C=O) groups excluding carboxylic acids is 1. The molecule has 0 fully saturated rings. The van der Waals surface area contributed by atoms with Gasteiger partial charge < -0.3 is 9.64 Å². The third-order valence-electron chi connectivity index (χ3n) is 4.50. The highest BCUT2D eigenvalue weighted by Crippen LogP contribution is 2.11. The predicted octanol–water partition coefficient (Wildman–Crippen LogP) is 2.37. The van der Waals surface area contributed by atoms with E-state index in [2.05, 4.69) is 18.7 Å². The van der Waals surface area contributed by atoms with Gasteiger partial charge in [0.2, 0.25) is 0 Å². The Hall–Kier alpha value is -2.34. The molecule has 0 aliphatic heterocycles. The van der Waals surface area contributed by atoms with Crippen molar-refractivity contribution in [2.75, 3.05) is 26.2 Å². The lowest BCUT2D eigenvalue weighted by Gasteiger charge is -2.17. The molecule has 1 aromatic carbocycles. The van der Waals surface area contributed by atoms with Gasteiger partial charge in [0.05, 0.1) is 18.0 Å². The number of para-hydroxylation sites is 1. The Morgan fingerprint density at radius 2 is 1.80 bits per heavy atom. The predicted molar refractivity (Wildman–Crippen MR) is 98.4 cm³/mol. The van der Waals surface area contributed by atoms with Gasteiger partial charge in [0, 0.05) is 13.6 Å². The van der Waals surface area contributed by atoms with Crippen LogP contribution in [0.1, 0.15) is 36.3 Å². The van der Waals surface area contributed by atoms with Crippen molar-refractivity contribution in [3.63, 3.8) is 0 Å². The fourth-order valence-electron chi connectivity index (χ4n) is 2.87. The normalized spacial score (nSPS) is 11.1. The molecule has 1 aromatic heterocycles. The van der Waals surface area contributed by atoms with Crippen LogP contribution in [0.15, 0.2) is 35.1 Å². The molecule has 0 aliphatic rings. The molecule has 0 unspecified atom stereocenters. The maximum Gasteiger partial charge on any atom is 0.345 e. The van der Waals surface area contributed by atoms with Gasteiger partial charge in [0.1, 0.15) is 5.56 Å². The van der Waals surface area contributed by atoms with Gasteiger partial charge in [-0.15, -0.1) is 0 Å². The Morgan fingerprint density at radius 3 is 2.40 bits per heavy atom. The molecule has 136 valence electrons. The molecule has 6 nitrogen and oxygen atoms in total. The summed E-state index contributed by atoms with van der Waals surface area (Å²) in [5.41, 5.74) is 1.08. The molecule has 6 heteroatoms. The van der Waals surface area contributed by atoms with Crippen LogP contribution < -0.4 is 5.56 Å². The Balaban J connectivity index is 2.12. The molecule has 0 N–H and O–H groups in total. The van der Waals surface area contributed by atoms with E-state index in [9.17, 15) is 9.59 Å². The van der Waals surface area contributed by atoms with Crippen LogP contribution >= 0.6 is 0 Å². The third-order valence-corrected chi connectivity index (χ3v) is 4.50. The zero-order chi connectivity index (χ0) is 18.4. The van der Waals surface area contributed by atoms with Crippen molar-refractivity contribution in [1.29, 1.82) is 0 Å². The molecule has 0 spiro atoms. The lowest BCUT2D eigenvalue weighted by Crippen LogP contribution is -2.26. The van der Waals surface area contributed by atoms with E-state index in [1.165, 1.54) is 4.68 Å². The minimum atomic E-state index is -0.549. The summed E-state index contributed by atoms with van der Waals surface area (Å²) in [4.78, 5) is 27.4. The lowest BCUT2D eigenvalue weighted by atomic mass is 10.2. The highest BCUT2D eigenvalue weighted by atomic mass is 16.5. The lowest BCUT2D eigenvalue weighted by molar-refractivity contribution is 0.0487. The Kier molecular flexibility index (Phi) is 6.58. The van der Waals surface area contributed by atoms with E-state index in [0.717, 1.165) is 31.7 Å². The molecular formula is C19H27N3O3. The van der Waals surface area contributed by atoms with E-state index in [4.69, 9.17) is 4.74 Å². The zero-order valence-electron chi connectivity index (χ0n) is 15.5. The fourth-order valence-corrected chi connectivity index (χ4v) is 2.87. The SMILES string of the molecule is CCN(CC)CCCOC(=O)c1c(C)n(C)n(-c2ccccc2)c1=O. The Labute approximate surface area is 148 Å². The molecule has 2 aromatic rings. The molecule has 0 atom stereocenters. The van der Waals surface area contributed by atoms with Crippen LogP contribution in [0.4, 0.5) is 0 Å². The van der Waals surface area contributed by atoms with Crippen molar-refractivity contribution in [3.8, 4) is 5.69 Å². The van der Waals surface area contributed by atoms with Gasteiger partial charge >= 0.3 is 5.97 Å². The van der Waals surface area contributed by atoms with E-state index in [0.29, 0.717) is 12.3 Å². The number of carbonyl (C=O) groups is 1. The van der Waals surface area contributed by atoms with Crippen molar-refractivity contribution >= 4 is 5.97 Å². The molecular weight excluding hydrogens is 318 g/mol. The van der Waals surface area contributed by atoms with Gasteiger partial charge in [-0.1, -0.05) is 32.0 Å². The van der Waals surface area contributed by atoms with Gasteiger partial charge in [0.15, 0.2) is 0 Å². The summed E-state index contributed by atoms with van der Waals surface area (Å²) in [6.07, 6.45) is 0.756. The summed E-state index contributed by atoms with van der Waals surface area (Å²) in [5, 5.41) is 0. The second kappa shape index (κ2) is 8.67. The average Bonchev–Trinajstić information content (AvgIpc) is 2.85. The van der Waals surface area contributed by atoms with Crippen LogP contribution in [-0.2, 0) is 11.8 Å². The minimum Gasteiger partial charge on any atom is -0.462 e. The number of aromatic nitrogens is 2. The first kappa shape index (κ1) is 19.0. The number of rotatable bonds is 8. The topological polar surface area (TPSA) is 56.5 Å². The second-order valence-electron chi connectivity index (χ2n) is 5.95. The van der Waals surface area contributed by atoms with Crippen molar-refractivity contribution in [2.24, 2.45) is 7.05 Å². The third kappa shape index (κ3) is 4.20. The summed E-state index contributed by atoms with van der Waals surface area (Å²) < 4.78 is 8.51. The first-order chi connectivity index (χ1) is 12.0. The van der Waals surface area contributed by atoms with Crippen LogP contribution in [0, 0.1) is 6.92 Å². The van der Waals surface area contributed by atoms with Crippen molar-refractivity contribution < 1.29 is 9.53 Å². The number of esters is 1. The highest BCUT2D eigenvalue weighted by Gasteiger charge is 2.23. The van der Waals surface area contributed by atoms with E-state index in [-0.39, 0.29) is 11.1 Å². The van der Waals surface area contributed by atoms with Crippen LogP contribution in [0.5, 0.6) is 0 Å². The van der Waals surface area contributed by atoms with Gasteiger partial charge in [-0.3, -0.25) is 9.48 Å².